The minimum Gasteiger partial charge on any atom is -0.458 e. The van der Waals surface area contributed by atoms with Gasteiger partial charge in [0.2, 0.25) is 0 Å². The van der Waals surface area contributed by atoms with Crippen molar-refractivity contribution in [2.24, 2.45) is 0 Å². The quantitative estimate of drug-likeness (QED) is 0.127. The Labute approximate surface area is 199 Å². The molecule has 2 aromatic heterocycles. The van der Waals surface area contributed by atoms with Crippen molar-refractivity contribution in [3.63, 3.8) is 0 Å². The number of furan rings is 1. The minimum atomic E-state index is -0.584. The average molecular weight is 465 g/mol. The number of rotatable bonds is 7. The zero-order chi connectivity index (χ0) is 24.2. The molecule has 0 aliphatic rings. The fourth-order valence-electron chi connectivity index (χ4n) is 3.63. The number of benzene rings is 3. The number of aromatic nitrogens is 2. The smallest absolute Gasteiger partial charge is 0.331 e. The van der Waals surface area contributed by atoms with E-state index in [2.05, 4.69) is 0 Å². The molecule has 0 saturated carbocycles. The van der Waals surface area contributed by atoms with E-state index in [-0.39, 0.29) is 12.3 Å². The predicted molar refractivity (Wildman–Crippen MR) is 131 cm³/mol. The molecule has 3 aromatic carbocycles. The maximum atomic E-state index is 12.4. The third kappa shape index (κ3) is 4.86. The average Bonchev–Trinajstić information content (AvgIpc) is 3.51. The summed E-state index contributed by atoms with van der Waals surface area (Å²) < 4.78 is 13.0. The molecule has 0 unspecified atom stereocenters. The molecule has 8 heteroatoms. The van der Waals surface area contributed by atoms with Crippen molar-refractivity contribution >= 4 is 28.7 Å². The molecule has 2 heterocycles. The summed E-state index contributed by atoms with van der Waals surface area (Å²) in [5.74, 6) is -0.00924. The molecular weight excluding hydrogens is 446 g/mol. The second-order valence-corrected chi connectivity index (χ2v) is 7.73. The molecule has 0 fully saturated rings. The Balaban J connectivity index is 1.41. The van der Waals surface area contributed by atoms with Crippen molar-refractivity contribution in [2.75, 3.05) is 0 Å². The summed E-state index contributed by atoms with van der Waals surface area (Å²) in [5.41, 5.74) is 3.31. The van der Waals surface area contributed by atoms with Gasteiger partial charge < -0.3 is 9.15 Å². The molecule has 0 bridgehead atoms. The molecule has 35 heavy (non-hydrogen) atoms. The Bertz CT molecular complexity index is 1520. The number of hydrogen-bond donors (Lipinski definition) is 0. The maximum absolute atomic E-state index is 12.4. The number of fused-ring (bicyclic) bond motifs is 1. The van der Waals surface area contributed by atoms with E-state index < -0.39 is 10.9 Å². The highest BCUT2D eigenvalue weighted by molar-refractivity contribution is 5.89. The lowest BCUT2D eigenvalue weighted by atomic mass is 10.2. The second-order valence-electron chi connectivity index (χ2n) is 7.73. The van der Waals surface area contributed by atoms with Crippen molar-refractivity contribution in [1.82, 2.24) is 9.78 Å². The van der Waals surface area contributed by atoms with Crippen LogP contribution in [-0.4, -0.2) is 20.7 Å². The number of nitro groups is 1. The molecule has 5 aromatic rings. The van der Waals surface area contributed by atoms with E-state index in [1.54, 1.807) is 22.9 Å². The summed E-state index contributed by atoms with van der Waals surface area (Å²) >= 11 is 0. The van der Waals surface area contributed by atoms with Gasteiger partial charge in [0, 0.05) is 35.4 Å². The monoisotopic (exact) mass is 465 g/mol. The number of carbonyl (C=O) groups excluding carboxylic acids is 1. The van der Waals surface area contributed by atoms with Crippen LogP contribution in [0.2, 0.25) is 0 Å². The fourth-order valence-corrected chi connectivity index (χ4v) is 3.63. The number of nitro benzene ring substituents is 1. The third-order valence-electron chi connectivity index (χ3n) is 5.32. The van der Waals surface area contributed by atoms with Gasteiger partial charge in [0.1, 0.15) is 17.9 Å². The van der Waals surface area contributed by atoms with Crippen molar-refractivity contribution in [3.8, 4) is 17.1 Å². The Hall–Kier alpha value is -4.98. The van der Waals surface area contributed by atoms with Gasteiger partial charge in [-0.25, -0.2) is 9.48 Å². The van der Waals surface area contributed by atoms with Crippen molar-refractivity contribution < 1.29 is 18.9 Å². The van der Waals surface area contributed by atoms with Gasteiger partial charge in [0.25, 0.3) is 5.69 Å². The van der Waals surface area contributed by atoms with Crippen molar-refractivity contribution in [3.05, 3.63) is 118 Å². The van der Waals surface area contributed by atoms with Crippen molar-refractivity contribution in [1.29, 1.82) is 0 Å². The topological polar surface area (TPSA) is 100 Å². The second kappa shape index (κ2) is 9.48. The number of carbonyl (C=O) groups is 1. The van der Waals surface area contributed by atoms with Crippen LogP contribution in [0.5, 0.6) is 0 Å². The first-order valence-corrected chi connectivity index (χ1v) is 10.8. The van der Waals surface area contributed by atoms with Gasteiger partial charge in [-0.05, 0) is 35.9 Å². The van der Waals surface area contributed by atoms with Crippen LogP contribution in [0.15, 0.2) is 102 Å². The van der Waals surface area contributed by atoms with Crippen LogP contribution >= 0.6 is 0 Å². The molecular formula is C27H19N3O5. The molecule has 172 valence electrons. The molecule has 8 nitrogen and oxygen atoms in total. The summed E-state index contributed by atoms with van der Waals surface area (Å²) in [4.78, 5) is 22.8. The largest absolute Gasteiger partial charge is 0.458 e. The van der Waals surface area contributed by atoms with Gasteiger partial charge in [-0.15, -0.1) is 0 Å². The third-order valence-corrected chi connectivity index (χ3v) is 5.32. The van der Waals surface area contributed by atoms with E-state index in [4.69, 9.17) is 14.3 Å². The number of para-hydroxylation sites is 2. The lowest BCUT2D eigenvalue weighted by molar-refractivity contribution is -0.384. The number of non-ortho nitro benzene ring substituents is 1. The van der Waals surface area contributed by atoms with Gasteiger partial charge >= 0.3 is 5.97 Å². The van der Waals surface area contributed by atoms with E-state index in [1.807, 2.05) is 66.9 Å². The van der Waals surface area contributed by atoms with Crippen LogP contribution < -0.4 is 0 Å². The zero-order valence-electron chi connectivity index (χ0n) is 18.4. The van der Waals surface area contributed by atoms with Gasteiger partial charge in [0.05, 0.1) is 10.6 Å². The standard InChI is InChI=1S/C27H19N3O5/c31-26(34-18-19-7-6-11-23(15-19)30(32)33)14-13-21-17-29(22-9-2-1-3-10-22)28-27(21)25-16-20-8-4-5-12-24(20)35-25/h1-17H,18H2. The Morgan fingerprint density at radius 2 is 1.83 bits per heavy atom. The molecule has 0 atom stereocenters. The Morgan fingerprint density at radius 1 is 1.03 bits per heavy atom. The Kier molecular flexibility index (Phi) is 5.92. The molecule has 0 amide bonds. The van der Waals surface area contributed by atoms with Crippen LogP contribution in [0, 0.1) is 10.1 Å². The highest BCUT2D eigenvalue weighted by atomic mass is 16.6. The summed E-state index contributed by atoms with van der Waals surface area (Å²) in [6.07, 6.45) is 4.72. The number of hydrogen-bond acceptors (Lipinski definition) is 6. The summed E-state index contributed by atoms with van der Waals surface area (Å²) in [6.45, 7) is -0.0788. The summed E-state index contributed by atoms with van der Waals surface area (Å²) in [7, 11) is 0. The van der Waals surface area contributed by atoms with E-state index in [0.29, 0.717) is 22.6 Å². The van der Waals surface area contributed by atoms with Crippen LogP contribution in [0.25, 0.3) is 34.2 Å². The van der Waals surface area contributed by atoms with Crippen LogP contribution in [-0.2, 0) is 16.1 Å². The Morgan fingerprint density at radius 3 is 2.63 bits per heavy atom. The molecule has 0 aliphatic heterocycles. The minimum absolute atomic E-state index is 0.0575. The highest BCUT2D eigenvalue weighted by Gasteiger charge is 2.15. The molecule has 5 rings (SSSR count). The molecule has 0 saturated heterocycles. The first-order chi connectivity index (χ1) is 17.1. The SMILES string of the molecule is O=C(C=Cc1cn(-c2ccccc2)nc1-c1cc2ccccc2o1)OCc1cccc([N+](=O)[O-])c1. The zero-order valence-corrected chi connectivity index (χ0v) is 18.4. The lowest BCUT2D eigenvalue weighted by Gasteiger charge is -2.02. The molecule has 0 spiro atoms. The summed E-state index contributed by atoms with van der Waals surface area (Å²) in [5, 5.41) is 16.6. The van der Waals surface area contributed by atoms with Gasteiger partial charge in [-0.3, -0.25) is 10.1 Å². The number of nitrogens with zero attached hydrogens (tertiary/aromatic N) is 3. The van der Waals surface area contributed by atoms with Crippen LogP contribution in [0.1, 0.15) is 11.1 Å². The molecule has 0 N–H and O–H groups in total. The normalized spacial score (nSPS) is 11.2. The van der Waals surface area contributed by atoms with Gasteiger partial charge in [0.15, 0.2) is 5.76 Å². The number of ether oxygens (including phenoxy) is 1. The van der Waals surface area contributed by atoms with Gasteiger partial charge in [-0.1, -0.05) is 48.5 Å². The van der Waals surface area contributed by atoms with E-state index in [1.165, 1.54) is 18.2 Å². The first kappa shape index (κ1) is 21.8. The van der Waals surface area contributed by atoms with Crippen LogP contribution in [0.3, 0.4) is 0 Å². The first-order valence-electron chi connectivity index (χ1n) is 10.8. The fraction of sp³-hybridized carbons (Fsp3) is 0.0370. The predicted octanol–water partition coefficient (Wildman–Crippen LogP) is 5.95. The van der Waals surface area contributed by atoms with Crippen LogP contribution in [0.4, 0.5) is 5.69 Å². The highest BCUT2D eigenvalue weighted by Crippen LogP contribution is 2.30. The van der Waals surface area contributed by atoms with E-state index >= 15 is 0 Å². The maximum Gasteiger partial charge on any atom is 0.331 e. The van der Waals surface area contributed by atoms with Crippen molar-refractivity contribution in [2.45, 2.75) is 6.61 Å². The summed E-state index contributed by atoms with van der Waals surface area (Å²) in [6, 6.07) is 25.2. The number of esters is 1. The van der Waals surface area contributed by atoms with E-state index in [9.17, 15) is 14.9 Å². The lowest BCUT2D eigenvalue weighted by Crippen LogP contribution is -2.01. The van der Waals surface area contributed by atoms with Gasteiger partial charge in [-0.2, -0.15) is 5.10 Å². The van der Waals surface area contributed by atoms with E-state index in [0.717, 1.165) is 16.7 Å². The molecule has 0 aliphatic carbocycles. The molecule has 0 radical (unpaired) electrons.